The molecule has 0 aliphatic heterocycles. The fraction of sp³-hybridized carbons (Fsp3) is 0.111. The van der Waals surface area contributed by atoms with E-state index in [1.165, 1.54) is 11.1 Å². The highest BCUT2D eigenvalue weighted by Gasteiger charge is 2.22. The van der Waals surface area contributed by atoms with Gasteiger partial charge in [0, 0.05) is 11.1 Å². The highest BCUT2D eigenvalue weighted by Crippen LogP contribution is 2.45. The molecule has 0 heterocycles. The van der Waals surface area contributed by atoms with Crippen molar-refractivity contribution in [3.05, 3.63) is 102 Å². The molecule has 0 unspecified atom stereocenters. The van der Waals surface area contributed by atoms with Gasteiger partial charge in [-0.1, -0.05) is 95.6 Å². The molecule has 4 aromatic carbocycles. The van der Waals surface area contributed by atoms with E-state index >= 15 is 0 Å². The number of hydrogen-bond acceptors (Lipinski definition) is 3. The Morgan fingerprint density at radius 3 is 1.39 bits per heavy atom. The molecule has 0 saturated heterocycles. The van der Waals surface area contributed by atoms with Crippen LogP contribution in [0.25, 0.3) is 33.4 Å². The highest BCUT2D eigenvalue weighted by molar-refractivity contribution is 6.34. The standard InChI is InChI=1S/C27H25BO3/c1-18-4-10-21(11-5-18)24-16-17-25(31-28(29)30)27(23-14-8-20(3)9-15-23)26(24)22-12-6-19(2)7-13-22/h4-17,29-30H,1-3H3. The van der Waals surface area contributed by atoms with E-state index in [0.717, 1.165) is 38.9 Å². The Hall–Kier alpha value is -3.34. The molecule has 0 spiro atoms. The van der Waals surface area contributed by atoms with Gasteiger partial charge in [0.25, 0.3) is 0 Å². The van der Waals surface area contributed by atoms with Crippen LogP contribution in [0.5, 0.6) is 5.75 Å². The van der Waals surface area contributed by atoms with Gasteiger partial charge in [-0.3, -0.25) is 0 Å². The largest absolute Gasteiger partial charge is 0.707 e. The van der Waals surface area contributed by atoms with Crippen molar-refractivity contribution in [3.8, 4) is 39.1 Å². The fourth-order valence-corrected chi connectivity index (χ4v) is 3.80. The first-order chi connectivity index (χ1) is 14.9. The maximum atomic E-state index is 9.57. The number of rotatable bonds is 5. The quantitative estimate of drug-likeness (QED) is 0.401. The smallest absolute Gasteiger partial charge is 0.511 e. The average molecular weight is 408 g/mol. The molecular weight excluding hydrogens is 383 g/mol. The molecule has 0 radical (unpaired) electrons. The van der Waals surface area contributed by atoms with Crippen LogP contribution in [0.1, 0.15) is 16.7 Å². The second-order valence-corrected chi connectivity index (χ2v) is 7.90. The van der Waals surface area contributed by atoms with E-state index < -0.39 is 7.32 Å². The van der Waals surface area contributed by atoms with Crippen molar-refractivity contribution in [1.29, 1.82) is 0 Å². The Labute approximate surface area is 183 Å². The lowest BCUT2D eigenvalue weighted by Crippen LogP contribution is -2.21. The summed E-state index contributed by atoms with van der Waals surface area (Å²) in [4.78, 5) is 0. The maximum Gasteiger partial charge on any atom is 0.707 e. The Bertz CT molecular complexity index is 1180. The summed E-state index contributed by atoms with van der Waals surface area (Å²) >= 11 is 0. The van der Waals surface area contributed by atoms with Crippen molar-refractivity contribution in [2.45, 2.75) is 20.8 Å². The number of aryl methyl sites for hydroxylation is 3. The molecule has 4 aromatic rings. The Kier molecular flexibility index (Phi) is 5.94. The molecular formula is C27H25BO3. The van der Waals surface area contributed by atoms with Crippen LogP contribution in [0.4, 0.5) is 0 Å². The minimum absolute atomic E-state index is 0.422. The minimum Gasteiger partial charge on any atom is -0.511 e. The van der Waals surface area contributed by atoms with Crippen LogP contribution < -0.4 is 4.65 Å². The van der Waals surface area contributed by atoms with Crippen molar-refractivity contribution in [1.82, 2.24) is 0 Å². The zero-order valence-electron chi connectivity index (χ0n) is 18.0. The third-order valence-corrected chi connectivity index (χ3v) is 5.44. The first-order valence-corrected chi connectivity index (χ1v) is 10.3. The van der Waals surface area contributed by atoms with Crippen LogP contribution in [0.15, 0.2) is 84.9 Å². The average Bonchev–Trinajstić information content (AvgIpc) is 2.75. The van der Waals surface area contributed by atoms with Crippen molar-refractivity contribution in [3.63, 3.8) is 0 Å². The van der Waals surface area contributed by atoms with Gasteiger partial charge in [-0.25, -0.2) is 0 Å². The van der Waals surface area contributed by atoms with E-state index in [1.54, 1.807) is 0 Å². The highest BCUT2D eigenvalue weighted by atomic mass is 16.6. The topological polar surface area (TPSA) is 49.7 Å². The Balaban J connectivity index is 2.06. The second kappa shape index (κ2) is 8.80. The molecule has 4 heteroatoms. The second-order valence-electron chi connectivity index (χ2n) is 7.90. The van der Waals surface area contributed by atoms with Gasteiger partial charge in [0.15, 0.2) is 0 Å². The van der Waals surface area contributed by atoms with Crippen LogP contribution in [0.2, 0.25) is 0 Å². The predicted octanol–water partition coefficient (Wildman–Crippen LogP) is 5.96. The molecule has 2 N–H and O–H groups in total. The van der Waals surface area contributed by atoms with E-state index in [4.69, 9.17) is 4.65 Å². The first kappa shape index (κ1) is 20.9. The maximum absolute atomic E-state index is 9.57. The number of hydrogen-bond donors (Lipinski definition) is 2. The molecule has 4 rings (SSSR count). The molecule has 0 fully saturated rings. The van der Waals surface area contributed by atoms with Crippen molar-refractivity contribution >= 4 is 7.32 Å². The SMILES string of the molecule is Cc1ccc(-c2ccc(OB(O)O)c(-c3ccc(C)cc3)c2-c2ccc(C)cc2)cc1. The Morgan fingerprint density at radius 2 is 0.935 bits per heavy atom. The van der Waals surface area contributed by atoms with E-state index in [2.05, 4.69) is 62.4 Å². The van der Waals surface area contributed by atoms with Crippen LogP contribution >= 0.6 is 0 Å². The summed E-state index contributed by atoms with van der Waals surface area (Å²) in [5.41, 5.74) is 9.48. The van der Waals surface area contributed by atoms with Gasteiger partial charge in [0.1, 0.15) is 5.75 Å². The predicted molar refractivity (Wildman–Crippen MR) is 128 cm³/mol. The molecule has 31 heavy (non-hydrogen) atoms. The van der Waals surface area contributed by atoms with E-state index in [1.807, 2.05) is 43.3 Å². The molecule has 0 amide bonds. The molecule has 0 aromatic heterocycles. The van der Waals surface area contributed by atoms with Crippen LogP contribution in [-0.2, 0) is 0 Å². The van der Waals surface area contributed by atoms with Gasteiger partial charge in [-0.05, 0) is 49.1 Å². The van der Waals surface area contributed by atoms with E-state index in [0.29, 0.717) is 5.75 Å². The number of benzene rings is 4. The summed E-state index contributed by atoms with van der Waals surface area (Å²) < 4.78 is 5.44. The van der Waals surface area contributed by atoms with Crippen LogP contribution in [-0.4, -0.2) is 17.4 Å². The monoisotopic (exact) mass is 408 g/mol. The van der Waals surface area contributed by atoms with Crippen LogP contribution in [0, 0.1) is 20.8 Å². The summed E-state index contributed by atoms with van der Waals surface area (Å²) in [7, 11) is -1.90. The van der Waals surface area contributed by atoms with Crippen molar-refractivity contribution < 1.29 is 14.7 Å². The normalized spacial score (nSPS) is 10.7. The van der Waals surface area contributed by atoms with Gasteiger partial charge in [-0.2, -0.15) is 0 Å². The third-order valence-electron chi connectivity index (χ3n) is 5.44. The van der Waals surface area contributed by atoms with E-state index in [-0.39, 0.29) is 0 Å². The lowest BCUT2D eigenvalue weighted by molar-refractivity contribution is 0.288. The molecule has 0 atom stereocenters. The summed E-state index contributed by atoms with van der Waals surface area (Å²) in [5.74, 6) is 0.422. The first-order valence-electron chi connectivity index (χ1n) is 10.3. The lowest BCUT2D eigenvalue weighted by atomic mass is 9.86. The molecule has 0 saturated carbocycles. The summed E-state index contributed by atoms with van der Waals surface area (Å²) in [6.45, 7) is 6.18. The molecule has 0 aliphatic carbocycles. The fourth-order valence-electron chi connectivity index (χ4n) is 3.80. The summed E-state index contributed by atoms with van der Waals surface area (Å²) in [5, 5.41) is 19.1. The summed E-state index contributed by atoms with van der Waals surface area (Å²) in [6.07, 6.45) is 0. The molecule has 0 aliphatic rings. The van der Waals surface area contributed by atoms with Crippen molar-refractivity contribution in [2.75, 3.05) is 0 Å². The van der Waals surface area contributed by atoms with Gasteiger partial charge in [0.05, 0.1) is 0 Å². The third kappa shape index (κ3) is 4.56. The van der Waals surface area contributed by atoms with Gasteiger partial charge in [-0.15, -0.1) is 0 Å². The molecule has 3 nitrogen and oxygen atoms in total. The minimum atomic E-state index is -1.90. The Morgan fingerprint density at radius 1 is 0.516 bits per heavy atom. The van der Waals surface area contributed by atoms with Crippen LogP contribution in [0.3, 0.4) is 0 Å². The summed E-state index contributed by atoms with van der Waals surface area (Å²) in [6, 6.07) is 28.8. The zero-order chi connectivity index (χ0) is 22.0. The van der Waals surface area contributed by atoms with Gasteiger partial charge < -0.3 is 14.7 Å². The van der Waals surface area contributed by atoms with E-state index in [9.17, 15) is 10.0 Å². The van der Waals surface area contributed by atoms with Gasteiger partial charge in [0.2, 0.25) is 0 Å². The van der Waals surface area contributed by atoms with Gasteiger partial charge >= 0.3 is 7.32 Å². The molecule has 0 bridgehead atoms. The lowest BCUT2D eigenvalue weighted by Gasteiger charge is -2.21. The van der Waals surface area contributed by atoms with Crippen molar-refractivity contribution in [2.24, 2.45) is 0 Å². The zero-order valence-corrected chi connectivity index (χ0v) is 18.0. The molecule has 154 valence electrons.